The zero-order valence-corrected chi connectivity index (χ0v) is 14.9. The van der Waals surface area contributed by atoms with Gasteiger partial charge in [-0.2, -0.15) is 0 Å². The summed E-state index contributed by atoms with van der Waals surface area (Å²) in [6, 6.07) is 5.12. The van der Waals surface area contributed by atoms with Gasteiger partial charge in [0, 0.05) is 12.6 Å². The van der Waals surface area contributed by atoms with Gasteiger partial charge in [-0.3, -0.25) is 29.0 Å². The first-order valence-electron chi connectivity index (χ1n) is 8.18. The lowest BCUT2D eigenvalue weighted by Crippen LogP contribution is -2.50. The fourth-order valence-electron chi connectivity index (χ4n) is 2.74. The summed E-state index contributed by atoms with van der Waals surface area (Å²) in [5, 5.41) is 45.6. The maximum atomic E-state index is 11.2. The molecule has 1 unspecified atom stereocenters. The number of rotatable bonds is 13. The van der Waals surface area contributed by atoms with Crippen molar-refractivity contribution in [1.29, 1.82) is 0 Å². The van der Waals surface area contributed by atoms with Crippen molar-refractivity contribution in [3.05, 3.63) is 29.8 Å². The minimum atomic E-state index is -1.28. The molecule has 0 aliphatic rings. The number of hydrogen-bond donors (Lipinski definition) is 5. The largest absolute Gasteiger partial charge is 0.508 e. The molecule has 0 bridgehead atoms. The second-order valence-electron chi connectivity index (χ2n) is 6.17. The van der Waals surface area contributed by atoms with Gasteiger partial charge in [-0.1, -0.05) is 12.1 Å². The van der Waals surface area contributed by atoms with Gasteiger partial charge < -0.3 is 25.5 Å². The van der Waals surface area contributed by atoms with E-state index < -0.39 is 56.1 Å². The first kappa shape index (κ1) is 22.9. The Hall–Kier alpha value is -3.18. The fourth-order valence-corrected chi connectivity index (χ4v) is 2.74. The Morgan fingerprint density at radius 1 is 0.750 bits per heavy atom. The molecular formula is C17H22N2O9. The Balaban J connectivity index is 3.15. The minimum Gasteiger partial charge on any atom is -0.508 e. The Morgan fingerprint density at radius 3 is 1.57 bits per heavy atom. The van der Waals surface area contributed by atoms with Crippen LogP contribution in [0.3, 0.4) is 0 Å². The number of carboxylic acids is 4. The summed E-state index contributed by atoms with van der Waals surface area (Å²) in [5.41, 5.74) is 0.633. The third-order valence-corrected chi connectivity index (χ3v) is 3.79. The Bertz CT molecular complexity index is 673. The van der Waals surface area contributed by atoms with Crippen LogP contribution in [0.25, 0.3) is 0 Å². The minimum absolute atomic E-state index is 0.00612. The zero-order chi connectivity index (χ0) is 21.3. The molecule has 0 aliphatic carbocycles. The number of phenolic OH excluding ortho intramolecular Hbond substituents is 1. The molecule has 0 saturated heterocycles. The first-order chi connectivity index (χ1) is 13.1. The molecule has 5 N–H and O–H groups in total. The molecule has 1 aromatic rings. The molecule has 0 amide bonds. The third kappa shape index (κ3) is 8.96. The van der Waals surface area contributed by atoms with Gasteiger partial charge in [0.25, 0.3) is 0 Å². The van der Waals surface area contributed by atoms with Crippen LogP contribution < -0.4 is 0 Å². The quantitative estimate of drug-likeness (QED) is 0.282. The molecular weight excluding hydrogens is 376 g/mol. The number of aromatic hydroxyl groups is 1. The number of phenols is 1. The van der Waals surface area contributed by atoms with Crippen LogP contribution in [0.15, 0.2) is 24.3 Å². The molecule has 11 nitrogen and oxygen atoms in total. The molecule has 0 heterocycles. The van der Waals surface area contributed by atoms with Crippen molar-refractivity contribution in [2.24, 2.45) is 0 Å². The molecule has 0 aliphatic heterocycles. The highest BCUT2D eigenvalue weighted by atomic mass is 16.4. The van der Waals surface area contributed by atoms with Gasteiger partial charge in [0.15, 0.2) is 0 Å². The van der Waals surface area contributed by atoms with Crippen LogP contribution in [0.4, 0.5) is 0 Å². The molecule has 1 aromatic carbocycles. The van der Waals surface area contributed by atoms with E-state index in [4.69, 9.17) is 20.4 Å². The summed E-state index contributed by atoms with van der Waals surface area (Å²) in [7, 11) is 0. The smallest absolute Gasteiger partial charge is 0.317 e. The molecule has 1 rings (SSSR count). The second kappa shape index (κ2) is 10.8. The summed E-state index contributed by atoms with van der Waals surface area (Å²) < 4.78 is 0. The average Bonchev–Trinajstić information content (AvgIpc) is 2.53. The van der Waals surface area contributed by atoms with E-state index in [-0.39, 0.29) is 18.7 Å². The van der Waals surface area contributed by atoms with E-state index in [1.165, 1.54) is 12.1 Å². The molecule has 1 atom stereocenters. The van der Waals surface area contributed by atoms with E-state index >= 15 is 0 Å². The van der Waals surface area contributed by atoms with E-state index in [2.05, 4.69) is 0 Å². The normalized spacial score (nSPS) is 12.1. The van der Waals surface area contributed by atoms with Crippen molar-refractivity contribution in [2.45, 2.75) is 12.5 Å². The second-order valence-corrected chi connectivity index (χ2v) is 6.17. The maximum Gasteiger partial charge on any atom is 0.317 e. The number of hydrogen-bond acceptors (Lipinski definition) is 7. The molecule has 0 fully saturated rings. The maximum absolute atomic E-state index is 11.2. The van der Waals surface area contributed by atoms with Crippen LogP contribution >= 0.6 is 0 Å². The van der Waals surface area contributed by atoms with E-state index in [1.54, 1.807) is 12.1 Å². The van der Waals surface area contributed by atoms with E-state index in [1.807, 2.05) is 0 Å². The summed E-state index contributed by atoms with van der Waals surface area (Å²) in [4.78, 5) is 46.6. The van der Waals surface area contributed by atoms with Crippen molar-refractivity contribution in [3.63, 3.8) is 0 Å². The molecule has 0 spiro atoms. The van der Waals surface area contributed by atoms with Crippen LogP contribution in [0.1, 0.15) is 5.56 Å². The van der Waals surface area contributed by atoms with E-state index in [0.717, 1.165) is 9.80 Å². The Kier molecular flexibility index (Phi) is 8.85. The summed E-state index contributed by atoms with van der Waals surface area (Å²) in [5.74, 6) is -5.09. The lowest BCUT2D eigenvalue weighted by atomic mass is 10.0. The van der Waals surface area contributed by atoms with Gasteiger partial charge in [-0.25, -0.2) is 0 Å². The molecule has 154 valence electrons. The number of benzene rings is 1. The molecule has 0 aromatic heterocycles. The van der Waals surface area contributed by atoms with Crippen molar-refractivity contribution in [1.82, 2.24) is 9.80 Å². The summed E-state index contributed by atoms with van der Waals surface area (Å²) >= 11 is 0. The Labute approximate surface area is 160 Å². The highest BCUT2D eigenvalue weighted by molar-refractivity contribution is 5.73. The topological polar surface area (TPSA) is 176 Å². The van der Waals surface area contributed by atoms with Crippen molar-refractivity contribution in [3.8, 4) is 5.75 Å². The van der Waals surface area contributed by atoms with Crippen LogP contribution in [-0.2, 0) is 25.6 Å². The molecule has 28 heavy (non-hydrogen) atoms. The van der Waals surface area contributed by atoms with Crippen LogP contribution in [0.5, 0.6) is 5.75 Å². The van der Waals surface area contributed by atoms with Gasteiger partial charge in [0.1, 0.15) is 5.75 Å². The van der Waals surface area contributed by atoms with E-state index in [0.29, 0.717) is 5.56 Å². The lowest BCUT2D eigenvalue weighted by molar-refractivity contribution is -0.146. The number of nitrogens with zero attached hydrogens (tertiary/aromatic N) is 2. The van der Waals surface area contributed by atoms with E-state index in [9.17, 15) is 24.3 Å². The van der Waals surface area contributed by atoms with Crippen molar-refractivity contribution >= 4 is 23.9 Å². The first-order valence-corrected chi connectivity index (χ1v) is 8.18. The number of carbonyl (C=O) groups is 4. The van der Waals surface area contributed by atoms with Crippen LogP contribution in [0, 0.1) is 0 Å². The summed E-state index contributed by atoms with van der Waals surface area (Å²) in [6.45, 7) is -2.63. The van der Waals surface area contributed by atoms with Crippen molar-refractivity contribution < 1.29 is 44.7 Å². The highest BCUT2D eigenvalue weighted by Gasteiger charge is 2.27. The van der Waals surface area contributed by atoms with Crippen molar-refractivity contribution in [2.75, 3.05) is 32.7 Å². The summed E-state index contributed by atoms with van der Waals surface area (Å²) in [6.07, 6.45) is 0.122. The monoisotopic (exact) mass is 398 g/mol. The molecule has 11 heteroatoms. The zero-order valence-electron chi connectivity index (χ0n) is 14.9. The predicted molar refractivity (Wildman–Crippen MR) is 94.2 cm³/mol. The molecule has 0 radical (unpaired) electrons. The standard InChI is InChI=1S/C17H22N2O9/c20-13-3-1-11(2-4-13)5-12(19(9-16(25)26)10-17(27)28)6-18(7-14(21)22)8-15(23)24/h1-4,12,20H,5-10H2,(H,21,22)(H,23,24)(H,25,26)(H,27,28). The van der Waals surface area contributed by atoms with Gasteiger partial charge in [0.05, 0.1) is 26.2 Å². The predicted octanol–water partition coefficient (Wildman–Crippen LogP) is -0.754. The van der Waals surface area contributed by atoms with Crippen LogP contribution in [0.2, 0.25) is 0 Å². The van der Waals surface area contributed by atoms with Gasteiger partial charge >= 0.3 is 23.9 Å². The van der Waals surface area contributed by atoms with Gasteiger partial charge in [-0.05, 0) is 24.1 Å². The molecule has 0 saturated carbocycles. The fraction of sp³-hybridized carbons (Fsp3) is 0.412. The third-order valence-electron chi connectivity index (χ3n) is 3.79. The SMILES string of the molecule is O=C(O)CN(CC(=O)O)CC(Cc1ccc(O)cc1)N(CC(=O)O)CC(=O)O. The lowest BCUT2D eigenvalue weighted by Gasteiger charge is -2.33. The highest BCUT2D eigenvalue weighted by Crippen LogP contribution is 2.15. The Morgan fingerprint density at radius 2 is 1.18 bits per heavy atom. The van der Waals surface area contributed by atoms with Gasteiger partial charge in [0.2, 0.25) is 0 Å². The van der Waals surface area contributed by atoms with Gasteiger partial charge in [-0.15, -0.1) is 0 Å². The van der Waals surface area contributed by atoms with Crippen LogP contribution in [-0.4, -0.2) is 98.0 Å². The number of carboxylic acid groups (broad SMARTS) is 4. The average molecular weight is 398 g/mol. The number of aliphatic carboxylic acids is 4.